The first-order valence-corrected chi connectivity index (χ1v) is 10.5. The van der Waals surface area contributed by atoms with Crippen molar-refractivity contribution in [1.82, 2.24) is 0 Å². The number of hydrogen-bond acceptors (Lipinski definition) is 7. The second kappa shape index (κ2) is 11.3. The average Bonchev–Trinajstić information content (AvgIpc) is 2.73. The summed E-state index contributed by atoms with van der Waals surface area (Å²) in [5.74, 6) is 0.561. The number of phosphoric acid groups is 1. The molecule has 1 aliphatic heterocycles. The zero-order valence-electron chi connectivity index (χ0n) is 18.3. The van der Waals surface area contributed by atoms with Crippen molar-refractivity contribution in [3.05, 3.63) is 89.9 Å². The minimum atomic E-state index is -5.40. The second-order valence-corrected chi connectivity index (χ2v) is 7.65. The minimum absolute atomic E-state index is 0. The molecule has 0 N–H and O–H groups in total. The molecule has 0 aromatic heterocycles. The van der Waals surface area contributed by atoms with E-state index in [1.54, 1.807) is 49.6 Å². The van der Waals surface area contributed by atoms with Gasteiger partial charge in [0.15, 0.2) is 0 Å². The predicted molar refractivity (Wildman–Crippen MR) is 109 cm³/mol. The first-order valence-electron chi connectivity index (χ1n) is 9.08. The van der Waals surface area contributed by atoms with Crippen molar-refractivity contribution in [3.8, 4) is 11.5 Å². The Morgan fingerprint density at radius 1 is 0.844 bits per heavy atom. The Hall–Kier alpha value is -1.25. The van der Waals surface area contributed by atoms with Gasteiger partial charge in [-0.15, -0.1) is 0 Å². The van der Waals surface area contributed by atoms with Crippen molar-refractivity contribution in [2.24, 2.45) is 0 Å². The standard InChI is InChI=1S/C22H20NO6P.2Na/c1-23-19-11-7-6-10-17(19)21(18-13-12-16(27-2)14-20(18)23)22(29-30(24,25)26)28-15-8-4-3-5-9-15;;/h3-14H,1-2H3,(H2,24,25,26);;/q;2*+1/p-2/b22-21+;;. The summed E-state index contributed by atoms with van der Waals surface area (Å²) in [5.41, 5.74) is 3.19. The smallest absolute Gasteiger partial charge is 0.780 e. The van der Waals surface area contributed by atoms with E-state index in [2.05, 4.69) is 0 Å². The van der Waals surface area contributed by atoms with Gasteiger partial charge in [0, 0.05) is 29.9 Å². The van der Waals surface area contributed by atoms with Gasteiger partial charge in [0.1, 0.15) is 19.3 Å². The molecule has 154 valence electrons. The van der Waals surface area contributed by atoms with Crippen molar-refractivity contribution >= 4 is 24.8 Å². The number of nitrogens with zero attached hydrogens (tertiary/aromatic N) is 1. The Kier molecular flexibility index (Phi) is 9.49. The predicted octanol–water partition coefficient (Wildman–Crippen LogP) is -2.57. The molecule has 0 amide bonds. The molecule has 7 nitrogen and oxygen atoms in total. The zero-order valence-corrected chi connectivity index (χ0v) is 23.2. The van der Waals surface area contributed by atoms with Gasteiger partial charge in [0.05, 0.1) is 18.4 Å². The van der Waals surface area contributed by atoms with Crippen molar-refractivity contribution in [2.45, 2.75) is 0 Å². The van der Waals surface area contributed by atoms with Crippen LogP contribution in [0.1, 0.15) is 11.1 Å². The Bertz CT molecular complexity index is 1170. The molecule has 0 aliphatic carbocycles. The number of methoxy groups -OCH3 is 1. The van der Waals surface area contributed by atoms with E-state index in [9.17, 15) is 14.4 Å². The molecule has 1 heterocycles. The van der Waals surface area contributed by atoms with Crippen molar-refractivity contribution < 1.29 is 87.5 Å². The molecule has 0 unspecified atom stereocenters. The molecule has 10 heteroatoms. The molecule has 0 fully saturated rings. The van der Waals surface area contributed by atoms with Crippen LogP contribution in [-0.2, 0) is 9.09 Å². The molecule has 0 spiro atoms. The SMILES string of the molecule is COc1ccc2c(c1)N(C)c1ccccc1/C2=C(/Oc1ccccc1)OP(=O)([O-])[O-].[Na+].[Na+]. The number of para-hydroxylation sites is 2. The molecule has 32 heavy (non-hydrogen) atoms. The maximum atomic E-state index is 11.6. The van der Waals surface area contributed by atoms with Gasteiger partial charge < -0.3 is 33.2 Å². The quantitative estimate of drug-likeness (QED) is 0.230. The summed E-state index contributed by atoms with van der Waals surface area (Å²) in [5, 5.41) is 0. The summed E-state index contributed by atoms with van der Waals surface area (Å²) in [6.07, 6.45) is 0. The van der Waals surface area contributed by atoms with E-state index in [1.165, 1.54) is 0 Å². The summed E-state index contributed by atoms with van der Waals surface area (Å²) < 4.78 is 27.5. The molecule has 0 bridgehead atoms. The van der Waals surface area contributed by atoms with E-state index in [1.807, 2.05) is 42.3 Å². The van der Waals surface area contributed by atoms with E-state index >= 15 is 0 Å². The first-order chi connectivity index (χ1) is 14.4. The van der Waals surface area contributed by atoms with E-state index in [0.29, 0.717) is 28.2 Å². The Balaban J connectivity index is 0.00000181. The van der Waals surface area contributed by atoms with Crippen molar-refractivity contribution in [3.63, 3.8) is 0 Å². The fraction of sp³-hybridized carbons (Fsp3) is 0.0909. The maximum Gasteiger partial charge on any atom is 1.00 e. The second-order valence-electron chi connectivity index (χ2n) is 6.58. The van der Waals surface area contributed by atoms with Gasteiger partial charge in [0.2, 0.25) is 0 Å². The Morgan fingerprint density at radius 3 is 2.12 bits per heavy atom. The van der Waals surface area contributed by atoms with Crippen LogP contribution in [0.5, 0.6) is 11.5 Å². The molecule has 0 saturated heterocycles. The molecular weight excluding hydrogens is 451 g/mol. The molecule has 0 atom stereocenters. The number of anilines is 2. The zero-order chi connectivity index (χ0) is 21.3. The number of benzene rings is 3. The number of phosphoric ester groups is 1. The number of rotatable bonds is 5. The summed E-state index contributed by atoms with van der Waals surface area (Å²) in [6.45, 7) is 0. The maximum absolute atomic E-state index is 11.6. The van der Waals surface area contributed by atoms with Crippen LogP contribution in [0, 0.1) is 0 Å². The van der Waals surface area contributed by atoms with Crippen LogP contribution in [0.25, 0.3) is 5.57 Å². The Labute approximate surface area is 230 Å². The number of hydrogen-bond donors (Lipinski definition) is 0. The fourth-order valence-corrected chi connectivity index (χ4v) is 3.74. The fourth-order valence-electron chi connectivity index (χ4n) is 3.41. The summed E-state index contributed by atoms with van der Waals surface area (Å²) in [6, 6.07) is 21.2. The summed E-state index contributed by atoms with van der Waals surface area (Å²) >= 11 is 0. The third kappa shape index (κ3) is 5.81. The summed E-state index contributed by atoms with van der Waals surface area (Å²) in [7, 11) is -1.95. The summed E-state index contributed by atoms with van der Waals surface area (Å²) in [4.78, 5) is 25.1. The van der Waals surface area contributed by atoms with Gasteiger partial charge in [0.25, 0.3) is 5.95 Å². The van der Waals surface area contributed by atoms with E-state index in [-0.39, 0.29) is 59.1 Å². The number of ether oxygens (including phenoxy) is 2. The largest absolute Gasteiger partial charge is 1.00 e. The van der Waals surface area contributed by atoms with Crippen LogP contribution in [0.3, 0.4) is 0 Å². The van der Waals surface area contributed by atoms with E-state index in [4.69, 9.17) is 14.0 Å². The van der Waals surface area contributed by atoms with Gasteiger partial charge in [-0.1, -0.05) is 36.4 Å². The topological polar surface area (TPSA) is 94.1 Å². The molecule has 4 rings (SSSR count). The van der Waals surface area contributed by atoms with Gasteiger partial charge in [-0.3, -0.25) is 0 Å². The molecule has 3 aromatic rings. The molecule has 1 aliphatic rings. The van der Waals surface area contributed by atoms with Crippen LogP contribution in [-0.4, -0.2) is 14.2 Å². The molecule has 0 saturated carbocycles. The van der Waals surface area contributed by atoms with Gasteiger partial charge >= 0.3 is 59.1 Å². The van der Waals surface area contributed by atoms with Gasteiger partial charge in [-0.2, -0.15) is 0 Å². The van der Waals surface area contributed by atoms with Crippen LogP contribution in [0.2, 0.25) is 0 Å². The monoisotopic (exact) mass is 469 g/mol. The van der Waals surface area contributed by atoms with Crippen LogP contribution < -0.4 is 83.3 Å². The van der Waals surface area contributed by atoms with Crippen LogP contribution in [0.15, 0.2) is 78.7 Å². The average molecular weight is 469 g/mol. The normalized spacial score (nSPS) is 13.6. The number of fused-ring (bicyclic) bond motifs is 2. The molecule has 3 aromatic carbocycles. The van der Waals surface area contributed by atoms with E-state index < -0.39 is 13.8 Å². The Morgan fingerprint density at radius 2 is 1.47 bits per heavy atom. The van der Waals surface area contributed by atoms with E-state index in [0.717, 1.165) is 11.4 Å². The van der Waals surface area contributed by atoms with Gasteiger partial charge in [-0.25, -0.2) is 0 Å². The molecular formula is C22H18NNa2O6P. The molecule has 0 radical (unpaired) electrons. The van der Waals surface area contributed by atoms with Crippen LogP contribution >= 0.6 is 7.82 Å². The van der Waals surface area contributed by atoms with Crippen molar-refractivity contribution in [1.29, 1.82) is 0 Å². The van der Waals surface area contributed by atoms with Crippen molar-refractivity contribution in [2.75, 3.05) is 19.1 Å². The van der Waals surface area contributed by atoms with Gasteiger partial charge in [-0.05, 0) is 30.3 Å². The minimum Gasteiger partial charge on any atom is -0.780 e. The third-order valence-corrected chi connectivity index (χ3v) is 5.11. The third-order valence-electron chi connectivity index (χ3n) is 4.72. The van der Waals surface area contributed by atoms with Crippen LogP contribution in [0.4, 0.5) is 11.4 Å². The first kappa shape index (κ1) is 27.0.